The van der Waals surface area contributed by atoms with Crippen LogP contribution in [-0.4, -0.2) is 46.7 Å². The summed E-state index contributed by atoms with van der Waals surface area (Å²) in [4.78, 5) is 10.6. The van der Waals surface area contributed by atoms with Gasteiger partial charge in [-0.3, -0.25) is 9.48 Å². The fourth-order valence-corrected chi connectivity index (χ4v) is 4.00. The molecule has 0 amide bonds. The maximum atomic E-state index is 12.4. The lowest BCUT2D eigenvalue weighted by Crippen LogP contribution is -2.28. The highest BCUT2D eigenvalue weighted by Crippen LogP contribution is 2.26. The third kappa shape index (κ3) is 3.18. The van der Waals surface area contributed by atoms with Gasteiger partial charge in [-0.05, 0) is 18.8 Å². The molecule has 2 rings (SSSR count). The Hall–Kier alpha value is -1.41. The van der Waals surface area contributed by atoms with Crippen molar-refractivity contribution in [3.8, 4) is 0 Å². The number of aromatic nitrogens is 2. The van der Waals surface area contributed by atoms with E-state index in [9.17, 15) is 13.2 Å². The number of carbonyl (C=O) groups is 1. The maximum absolute atomic E-state index is 12.4. The van der Waals surface area contributed by atoms with Crippen LogP contribution in [0.3, 0.4) is 0 Å². The van der Waals surface area contributed by atoms with Crippen LogP contribution in [0.2, 0.25) is 0 Å². The first-order valence-electron chi connectivity index (χ1n) is 6.68. The van der Waals surface area contributed by atoms with Gasteiger partial charge in [-0.1, -0.05) is 13.3 Å². The molecule has 1 aromatic heterocycles. The Balaban J connectivity index is 2.11. The van der Waals surface area contributed by atoms with Gasteiger partial charge < -0.3 is 5.11 Å². The van der Waals surface area contributed by atoms with E-state index in [0.29, 0.717) is 19.0 Å². The summed E-state index contributed by atoms with van der Waals surface area (Å²) in [7, 11) is -3.55. The van der Waals surface area contributed by atoms with E-state index in [4.69, 9.17) is 5.11 Å². The molecule has 1 aliphatic rings. The second-order valence-electron chi connectivity index (χ2n) is 5.07. The van der Waals surface area contributed by atoms with Crippen LogP contribution < -0.4 is 0 Å². The second kappa shape index (κ2) is 5.92. The molecule has 20 heavy (non-hydrogen) atoms. The average Bonchev–Trinajstić information content (AvgIpc) is 2.98. The second-order valence-corrected chi connectivity index (χ2v) is 7.01. The summed E-state index contributed by atoms with van der Waals surface area (Å²) in [6, 6.07) is 0. The Bertz CT molecular complexity index is 581. The number of hydrogen-bond donors (Lipinski definition) is 1. The van der Waals surface area contributed by atoms with Gasteiger partial charge in [0.15, 0.2) is 0 Å². The number of carboxylic acid groups (broad SMARTS) is 1. The van der Waals surface area contributed by atoms with Gasteiger partial charge in [0.1, 0.15) is 11.4 Å². The molecular weight excluding hydrogens is 282 g/mol. The number of nitrogens with zero attached hydrogens (tertiary/aromatic N) is 3. The topological polar surface area (TPSA) is 92.5 Å². The molecule has 0 bridgehead atoms. The summed E-state index contributed by atoms with van der Waals surface area (Å²) in [6.45, 7) is 2.82. The quantitative estimate of drug-likeness (QED) is 0.838. The molecule has 0 aromatic carbocycles. The lowest BCUT2D eigenvalue weighted by atomic mass is 10.0. The molecule has 112 valence electrons. The third-order valence-electron chi connectivity index (χ3n) is 3.49. The molecule has 0 saturated carbocycles. The van der Waals surface area contributed by atoms with Gasteiger partial charge in [0, 0.05) is 19.3 Å². The van der Waals surface area contributed by atoms with E-state index in [2.05, 4.69) is 12.0 Å². The van der Waals surface area contributed by atoms with Crippen LogP contribution >= 0.6 is 0 Å². The summed E-state index contributed by atoms with van der Waals surface area (Å²) in [5.41, 5.74) is 0. The van der Waals surface area contributed by atoms with Crippen molar-refractivity contribution in [2.45, 2.75) is 37.6 Å². The molecule has 1 saturated heterocycles. The minimum atomic E-state index is -3.55. The van der Waals surface area contributed by atoms with Crippen molar-refractivity contribution in [2.24, 2.45) is 5.92 Å². The van der Waals surface area contributed by atoms with Gasteiger partial charge in [0.25, 0.3) is 0 Å². The van der Waals surface area contributed by atoms with Crippen LogP contribution in [0.15, 0.2) is 17.3 Å². The molecule has 1 aromatic rings. The number of sulfonamides is 1. The SMILES string of the molecule is CCCC1CCN(S(=O)(=O)c2cnn(CC(=O)O)c2)C1. The van der Waals surface area contributed by atoms with Crippen LogP contribution in [0.5, 0.6) is 0 Å². The van der Waals surface area contributed by atoms with Gasteiger partial charge in [0.2, 0.25) is 10.0 Å². The van der Waals surface area contributed by atoms with Crippen molar-refractivity contribution in [1.82, 2.24) is 14.1 Å². The van der Waals surface area contributed by atoms with E-state index in [1.807, 2.05) is 0 Å². The smallest absolute Gasteiger partial charge is 0.325 e. The zero-order chi connectivity index (χ0) is 14.8. The van der Waals surface area contributed by atoms with E-state index in [-0.39, 0.29) is 11.4 Å². The molecule has 1 unspecified atom stereocenters. The Labute approximate surface area is 118 Å². The fourth-order valence-electron chi connectivity index (χ4n) is 2.51. The van der Waals surface area contributed by atoms with Gasteiger partial charge >= 0.3 is 5.97 Å². The summed E-state index contributed by atoms with van der Waals surface area (Å²) in [5, 5.41) is 12.4. The summed E-state index contributed by atoms with van der Waals surface area (Å²) in [6.07, 6.45) is 5.46. The number of rotatable bonds is 6. The summed E-state index contributed by atoms with van der Waals surface area (Å²) >= 11 is 0. The van der Waals surface area contributed by atoms with E-state index in [1.165, 1.54) is 16.7 Å². The standard InChI is InChI=1S/C12H19N3O4S/c1-2-3-10-4-5-15(7-10)20(18,19)11-6-13-14(8-11)9-12(16)17/h6,8,10H,2-5,7,9H2,1H3,(H,16,17). The maximum Gasteiger partial charge on any atom is 0.325 e. The molecule has 1 fully saturated rings. The van der Waals surface area contributed by atoms with E-state index >= 15 is 0 Å². The van der Waals surface area contributed by atoms with Crippen LogP contribution in [0, 0.1) is 5.92 Å². The Kier molecular flexibility index (Phi) is 4.44. The molecule has 1 N–H and O–H groups in total. The molecule has 7 nitrogen and oxygen atoms in total. The van der Waals surface area contributed by atoms with Crippen LogP contribution in [0.25, 0.3) is 0 Å². The molecule has 0 spiro atoms. The van der Waals surface area contributed by atoms with Gasteiger partial charge in [-0.2, -0.15) is 9.40 Å². The molecule has 1 aliphatic heterocycles. The zero-order valence-corrected chi connectivity index (χ0v) is 12.2. The third-order valence-corrected chi connectivity index (χ3v) is 5.31. The molecule has 0 radical (unpaired) electrons. The highest BCUT2D eigenvalue weighted by molar-refractivity contribution is 7.89. The molecule has 0 aliphatic carbocycles. The van der Waals surface area contributed by atoms with Crippen molar-refractivity contribution >= 4 is 16.0 Å². The van der Waals surface area contributed by atoms with Crippen molar-refractivity contribution in [3.05, 3.63) is 12.4 Å². The predicted molar refractivity (Wildman–Crippen MR) is 71.6 cm³/mol. The molecular formula is C12H19N3O4S. The summed E-state index contributed by atoms with van der Waals surface area (Å²) in [5.74, 6) is -0.634. The number of aliphatic carboxylic acids is 1. The Morgan fingerprint density at radius 3 is 2.95 bits per heavy atom. The van der Waals surface area contributed by atoms with Crippen molar-refractivity contribution in [3.63, 3.8) is 0 Å². The molecule has 2 heterocycles. The highest BCUT2D eigenvalue weighted by Gasteiger charge is 2.32. The van der Waals surface area contributed by atoms with E-state index in [1.54, 1.807) is 0 Å². The average molecular weight is 301 g/mol. The monoisotopic (exact) mass is 301 g/mol. The lowest BCUT2D eigenvalue weighted by molar-refractivity contribution is -0.137. The predicted octanol–water partition coefficient (Wildman–Crippen LogP) is 0.778. The normalized spacial score (nSPS) is 20.4. The molecule has 8 heteroatoms. The minimum Gasteiger partial charge on any atom is -0.480 e. The van der Waals surface area contributed by atoms with Crippen LogP contribution in [-0.2, 0) is 21.4 Å². The van der Waals surface area contributed by atoms with Gasteiger partial charge in [0.05, 0.1) is 6.20 Å². The highest BCUT2D eigenvalue weighted by atomic mass is 32.2. The van der Waals surface area contributed by atoms with Gasteiger partial charge in [-0.15, -0.1) is 0 Å². The Morgan fingerprint density at radius 2 is 2.30 bits per heavy atom. The number of hydrogen-bond acceptors (Lipinski definition) is 4. The first kappa shape index (κ1) is 15.0. The van der Waals surface area contributed by atoms with Crippen molar-refractivity contribution < 1.29 is 18.3 Å². The van der Waals surface area contributed by atoms with E-state index in [0.717, 1.165) is 23.9 Å². The van der Waals surface area contributed by atoms with Crippen molar-refractivity contribution in [2.75, 3.05) is 13.1 Å². The largest absolute Gasteiger partial charge is 0.480 e. The van der Waals surface area contributed by atoms with Crippen LogP contribution in [0.4, 0.5) is 0 Å². The van der Waals surface area contributed by atoms with Crippen molar-refractivity contribution in [1.29, 1.82) is 0 Å². The first-order chi connectivity index (χ1) is 9.43. The van der Waals surface area contributed by atoms with Crippen LogP contribution in [0.1, 0.15) is 26.2 Å². The number of carboxylic acids is 1. The molecule has 1 atom stereocenters. The zero-order valence-electron chi connectivity index (χ0n) is 11.4. The lowest BCUT2D eigenvalue weighted by Gasteiger charge is -2.15. The minimum absolute atomic E-state index is 0.0656. The summed E-state index contributed by atoms with van der Waals surface area (Å²) < 4.78 is 27.4. The van der Waals surface area contributed by atoms with E-state index < -0.39 is 16.0 Å². The van der Waals surface area contributed by atoms with Gasteiger partial charge in [-0.25, -0.2) is 8.42 Å². The Morgan fingerprint density at radius 1 is 1.55 bits per heavy atom. The fraction of sp³-hybridized carbons (Fsp3) is 0.667. The first-order valence-corrected chi connectivity index (χ1v) is 8.12.